The van der Waals surface area contributed by atoms with E-state index in [0.717, 1.165) is 10.9 Å². The van der Waals surface area contributed by atoms with Crippen LogP contribution in [0.5, 0.6) is 0 Å². The maximum atomic E-state index is 12.7. The van der Waals surface area contributed by atoms with Gasteiger partial charge in [-0.3, -0.25) is 0 Å². The van der Waals surface area contributed by atoms with E-state index in [-0.39, 0.29) is 0 Å². The molecule has 0 spiro atoms. The molecular formula is C13H12F3NO3. The third-order valence-electron chi connectivity index (χ3n) is 3.05. The number of carbonyl (C=O) groups is 1. The van der Waals surface area contributed by atoms with E-state index in [1.165, 1.54) is 0 Å². The molecule has 0 radical (unpaired) electrons. The van der Waals surface area contributed by atoms with Crippen molar-refractivity contribution < 1.29 is 27.8 Å². The maximum Gasteiger partial charge on any atom is 0.428 e. The van der Waals surface area contributed by atoms with Crippen molar-refractivity contribution in [2.75, 3.05) is 0 Å². The molecule has 108 valence electrons. The number of alkyl halides is 3. The molecule has 1 heterocycles. The number of para-hydroxylation sites is 1. The number of aromatic nitrogens is 1. The first kappa shape index (κ1) is 14.4. The largest absolute Gasteiger partial charge is 0.479 e. The van der Waals surface area contributed by atoms with Crippen molar-refractivity contribution in [2.45, 2.75) is 25.3 Å². The van der Waals surface area contributed by atoms with Crippen LogP contribution in [0.3, 0.4) is 0 Å². The van der Waals surface area contributed by atoms with Crippen molar-refractivity contribution in [3.8, 4) is 0 Å². The first-order valence-electron chi connectivity index (χ1n) is 5.75. The molecule has 4 nitrogen and oxygen atoms in total. The lowest BCUT2D eigenvalue weighted by atomic mass is 10.1. The van der Waals surface area contributed by atoms with Gasteiger partial charge in [-0.25, -0.2) is 4.79 Å². The van der Waals surface area contributed by atoms with E-state index in [1.807, 2.05) is 0 Å². The molecule has 0 saturated carbocycles. The number of ether oxygens (including phenoxy) is 1. The normalized spacial score (nSPS) is 15.2. The molecule has 1 atom stereocenters. The highest BCUT2D eigenvalue weighted by atomic mass is 19.4. The molecule has 0 bridgehead atoms. The third kappa shape index (κ3) is 2.49. The van der Waals surface area contributed by atoms with Crippen LogP contribution in [-0.4, -0.2) is 27.8 Å². The van der Waals surface area contributed by atoms with Crippen LogP contribution < -0.4 is 0 Å². The second-order valence-corrected chi connectivity index (χ2v) is 4.51. The zero-order valence-electron chi connectivity index (χ0n) is 10.5. The standard InChI is InChI=1S/C13H12F3NO3/c1-12(11(18)19,13(14,15)16)20-7-9-6-8-4-2-3-5-10(8)17-9/h2-6,17H,7H2,1H3,(H,18,19). The molecular weight excluding hydrogens is 275 g/mol. The van der Waals surface area contributed by atoms with Crippen molar-refractivity contribution in [3.63, 3.8) is 0 Å². The van der Waals surface area contributed by atoms with E-state index < -0.39 is 24.4 Å². The van der Waals surface area contributed by atoms with E-state index in [1.54, 1.807) is 30.3 Å². The van der Waals surface area contributed by atoms with Gasteiger partial charge in [-0.1, -0.05) is 18.2 Å². The van der Waals surface area contributed by atoms with Crippen LogP contribution in [0, 0.1) is 0 Å². The molecule has 2 aromatic rings. The lowest BCUT2D eigenvalue weighted by Gasteiger charge is -2.27. The highest BCUT2D eigenvalue weighted by Gasteiger charge is 2.58. The Hall–Kier alpha value is -2.02. The molecule has 20 heavy (non-hydrogen) atoms. The number of H-pyrrole nitrogens is 1. The van der Waals surface area contributed by atoms with Crippen molar-refractivity contribution >= 4 is 16.9 Å². The number of aromatic amines is 1. The number of fused-ring (bicyclic) bond motifs is 1. The van der Waals surface area contributed by atoms with Crippen molar-refractivity contribution in [3.05, 3.63) is 36.0 Å². The molecule has 0 aliphatic carbocycles. The monoisotopic (exact) mass is 287 g/mol. The Morgan fingerprint density at radius 3 is 2.55 bits per heavy atom. The maximum absolute atomic E-state index is 12.7. The summed E-state index contributed by atoms with van der Waals surface area (Å²) in [5, 5.41) is 9.55. The highest BCUT2D eigenvalue weighted by Crippen LogP contribution is 2.34. The summed E-state index contributed by atoms with van der Waals surface area (Å²) < 4.78 is 42.9. The Balaban J connectivity index is 2.19. The summed E-state index contributed by atoms with van der Waals surface area (Å²) >= 11 is 0. The number of halogens is 3. The van der Waals surface area contributed by atoms with Crippen LogP contribution in [0.4, 0.5) is 13.2 Å². The number of carboxylic acids is 1. The number of nitrogens with one attached hydrogen (secondary N) is 1. The fraction of sp³-hybridized carbons (Fsp3) is 0.308. The molecule has 0 aliphatic rings. The molecule has 2 rings (SSSR count). The second kappa shape index (κ2) is 4.82. The van der Waals surface area contributed by atoms with Gasteiger partial charge in [0.1, 0.15) is 0 Å². The molecule has 1 unspecified atom stereocenters. The first-order chi connectivity index (χ1) is 9.24. The van der Waals surface area contributed by atoms with E-state index >= 15 is 0 Å². The van der Waals surface area contributed by atoms with Gasteiger partial charge in [-0.05, 0) is 24.4 Å². The summed E-state index contributed by atoms with van der Waals surface area (Å²) in [5.41, 5.74) is -2.11. The van der Waals surface area contributed by atoms with Crippen LogP contribution in [0.1, 0.15) is 12.6 Å². The summed E-state index contributed by atoms with van der Waals surface area (Å²) in [4.78, 5) is 13.7. The summed E-state index contributed by atoms with van der Waals surface area (Å²) in [5.74, 6) is -2.07. The number of benzene rings is 1. The average molecular weight is 287 g/mol. The zero-order valence-corrected chi connectivity index (χ0v) is 10.5. The smallest absolute Gasteiger partial charge is 0.428 e. The van der Waals surface area contributed by atoms with Gasteiger partial charge >= 0.3 is 12.1 Å². The van der Waals surface area contributed by atoms with Gasteiger partial charge < -0.3 is 14.8 Å². The predicted octanol–water partition coefficient (Wildman–Crippen LogP) is 3.09. The Kier molecular flexibility index (Phi) is 3.47. The molecule has 0 aliphatic heterocycles. The van der Waals surface area contributed by atoms with Gasteiger partial charge in [0.25, 0.3) is 5.60 Å². The Morgan fingerprint density at radius 1 is 1.35 bits per heavy atom. The molecule has 0 fully saturated rings. The fourth-order valence-electron chi connectivity index (χ4n) is 1.70. The van der Waals surface area contributed by atoms with Crippen LogP contribution in [0.25, 0.3) is 10.9 Å². The zero-order chi connectivity index (χ0) is 15.0. The Labute approximate surface area is 112 Å². The number of hydrogen-bond acceptors (Lipinski definition) is 2. The summed E-state index contributed by atoms with van der Waals surface area (Å²) in [7, 11) is 0. The Morgan fingerprint density at radius 2 is 2.00 bits per heavy atom. The van der Waals surface area contributed by atoms with Gasteiger partial charge in [0, 0.05) is 11.2 Å². The first-order valence-corrected chi connectivity index (χ1v) is 5.75. The lowest BCUT2D eigenvalue weighted by Crippen LogP contribution is -2.51. The summed E-state index contributed by atoms with van der Waals surface area (Å²) in [6.45, 7) is 0.0228. The Bertz CT molecular complexity index is 602. The molecule has 0 amide bonds. The van der Waals surface area contributed by atoms with Crippen LogP contribution in [-0.2, 0) is 16.1 Å². The number of hydrogen-bond donors (Lipinski definition) is 2. The molecule has 1 aromatic heterocycles. The van der Waals surface area contributed by atoms with Gasteiger partial charge in [-0.2, -0.15) is 13.2 Å². The average Bonchev–Trinajstić information content (AvgIpc) is 2.76. The van der Waals surface area contributed by atoms with Crippen molar-refractivity contribution in [1.82, 2.24) is 4.98 Å². The lowest BCUT2D eigenvalue weighted by molar-refractivity contribution is -0.272. The summed E-state index contributed by atoms with van der Waals surface area (Å²) in [6.07, 6.45) is -5.00. The van der Waals surface area contributed by atoms with E-state index in [4.69, 9.17) is 5.11 Å². The summed E-state index contributed by atoms with van der Waals surface area (Å²) in [6, 6.07) is 8.74. The molecule has 7 heteroatoms. The molecule has 2 N–H and O–H groups in total. The third-order valence-corrected chi connectivity index (χ3v) is 3.05. The minimum atomic E-state index is -5.00. The van der Waals surface area contributed by atoms with Crippen molar-refractivity contribution in [1.29, 1.82) is 0 Å². The predicted molar refractivity (Wildman–Crippen MR) is 65.2 cm³/mol. The number of carboxylic acid groups (broad SMARTS) is 1. The van der Waals surface area contributed by atoms with Gasteiger partial charge in [0.15, 0.2) is 0 Å². The number of rotatable bonds is 4. The molecule has 0 saturated heterocycles. The van der Waals surface area contributed by atoms with Gasteiger partial charge in [0.05, 0.1) is 6.61 Å². The van der Waals surface area contributed by atoms with E-state index in [9.17, 15) is 18.0 Å². The number of aliphatic carboxylic acids is 1. The van der Waals surface area contributed by atoms with Gasteiger partial charge in [0.2, 0.25) is 0 Å². The van der Waals surface area contributed by atoms with Gasteiger partial charge in [-0.15, -0.1) is 0 Å². The van der Waals surface area contributed by atoms with Crippen LogP contribution in [0.2, 0.25) is 0 Å². The van der Waals surface area contributed by atoms with Crippen molar-refractivity contribution in [2.24, 2.45) is 0 Å². The minimum Gasteiger partial charge on any atom is -0.479 e. The van der Waals surface area contributed by atoms with Crippen LogP contribution in [0.15, 0.2) is 30.3 Å². The van der Waals surface area contributed by atoms with E-state index in [2.05, 4.69) is 9.72 Å². The second-order valence-electron chi connectivity index (χ2n) is 4.51. The minimum absolute atomic E-state index is 0.378. The molecule has 1 aromatic carbocycles. The van der Waals surface area contributed by atoms with Crippen LogP contribution >= 0.6 is 0 Å². The topological polar surface area (TPSA) is 62.3 Å². The highest BCUT2D eigenvalue weighted by molar-refractivity contribution is 5.80. The van der Waals surface area contributed by atoms with E-state index in [0.29, 0.717) is 12.6 Å². The quantitative estimate of drug-likeness (QED) is 0.908. The SMILES string of the molecule is CC(OCc1cc2ccccc2[nH]1)(C(=O)O)C(F)(F)F. The fourth-order valence-corrected chi connectivity index (χ4v) is 1.70.